The Labute approximate surface area is 224 Å². The summed E-state index contributed by atoms with van der Waals surface area (Å²) in [6.07, 6.45) is 10.4. The molecular weight excluding hydrogens is 478 g/mol. The van der Waals surface area contributed by atoms with Crippen molar-refractivity contribution >= 4 is 11.5 Å². The number of hydrogen-bond donors (Lipinski definition) is 0. The van der Waals surface area contributed by atoms with Gasteiger partial charge in [-0.1, -0.05) is 49.6 Å². The lowest BCUT2D eigenvalue weighted by molar-refractivity contribution is 0.192. The molecule has 3 heterocycles. The molecule has 1 saturated carbocycles. The van der Waals surface area contributed by atoms with E-state index in [2.05, 4.69) is 51.2 Å². The predicted octanol–water partition coefficient (Wildman–Crippen LogP) is 7.05. The van der Waals surface area contributed by atoms with Gasteiger partial charge in [0.25, 0.3) is 0 Å². The van der Waals surface area contributed by atoms with Crippen LogP contribution in [-0.4, -0.2) is 48.3 Å². The zero-order valence-electron chi connectivity index (χ0n) is 22.0. The third-order valence-corrected chi connectivity index (χ3v) is 8.53. The summed E-state index contributed by atoms with van der Waals surface area (Å²) >= 11 is 0. The Morgan fingerprint density at radius 3 is 2.16 bits per heavy atom. The second-order valence-corrected chi connectivity index (χ2v) is 11.0. The molecule has 1 aliphatic carbocycles. The Balaban J connectivity index is 1.06. The van der Waals surface area contributed by atoms with Gasteiger partial charge in [0.2, 0.25) is 0 Å². The highest BCUT2D eigenvalue weighted by molar-refractivity contribution is 6.02. The molecule has 1 unspecified atom stereocenters. The van der Waals surface area contributed by atoms with Crippen LogP contribution in [0, 0.1) is 17.6 Å². The molecule has 0 amide bonds. The van der Waals surface area contributed by atoms with E-state index in [1.807, 2.05) is 6.20 Å². The van der Waals surface area contributed by atoms with Gasteiger partial charge >= 0.3 is 0 Å². The Morgan fingerprint density at radius 1 is 0.763 bits per heavy atom. The molecule has 4 nitrogen and oxygen atoms in total. The lowest BCUT2D eigenvalue weighted by atomic mass is 9.89. The second-order valence-electron chi connectivity index (χ2n) is 11.0. The van der Waals surface area contributed by atoms with Gasteiger partial charge in [0.05, 0.1) is 11.6 Å². The number of benzene rings is 2. The molecule has 3 aromatic rings. The fourth-order valence-corrected chi connectivity index (χ4v) is 6.33. The number of aromatic nitrogens is 1. The normalized spacial score (nSPS) is 21.1. The van der Waals surface area contributed by atoms with Crippen LogP contribution in [-0.2, 0) is 0 Å². The van der Waals surface area contributed by atoms with Crippen molar-refractivity contribution in [3.8, 4) is 11.1 Å². The minimum absolute atomic E-state index is 0.0171. The number of halogens is 2. The average Bonchev–Trinajstić information content (AvgIpc) is 3.44. The zero-order valence-corrected chi connectivity index (χ0v) is 22.0. The first kappa shape index (κ1) is 25.2. The second kappa shape index (κ2) is 11.3. The van der Waals surface area contributed by atoms with E-state index in [0.717, 1.165) is 61.0 Å². The van der Waals surface area contributed by atoms with Crippen molar-refractivity contribution in [3.05, 3.63) is 83.6 Å². The van der Waals surface area contributed by atoms with Crippen LogP contribution in [0.25, 0.3) is 11.1 Å². The molecule has 2 aromatic carbocycles. The smallest absolute Gasteiger partial charge is 0.135 e. The highest BCUT2D eigenvalue weighted by Gasteiger charge is 2.25. The summed E-state index contributed by atoms with van der Waals surface area (Å²) in [5.74, 6) is 0.862. The highest BCUT2D eigenvalue weighted by Crippen LogP contribution is 2.33. The molecule has 198 valence electrons. The largest absolute Gasteiger partial charge is 0.354 e. The topological polar surface area (TPSA) is 31.7 Å². The van der Waals surface area contributed by atoms with Crippen LogP contribution in [0.5, 0.6) is 0 Å². The van der Waals surface area contributed by atoms with E-state index in [9.17, 15) is 8.78 Å². The minimum atomic E-state index is -0.544. The van der Waals surface area contributed by atoms with E-state index in [0.29, 0.717) is 12.1 Å². The number of pyridine rings is 1. The summed E-state index contributed by atoms with van der Waals surface area (Å²) in [7, 11) is 0. The van der Waals surface area contributed by atoms with Crippen LogP contribution in [0.3, 0.4) is 0 Å². The predicted molar refractivity (Wildman–Crippen MR) is 150 cm³/mol. The summed E-state index contributed by atoms with van der Waals surface area (Å²) in [6, 6.07) is 16.5. The van der Waals surface area contributed by atoms with E-state index in [1.165, 1.54) is 56.8 Å². The third kappa shape index (κ3) is 5.51. The van der Waals surface area contributed by atoms with Crippen LogP contribution < -0.4 is 4.90 Å². The van der Waals surface area contributed by atoms with Gasteiger partial charge in [-0.25, -0.2) is 13.8 Å². The lowest BCUT2D eigenvalue weighted by Gasteiger charge is -2.37. The number of piperazine rings is 1. The molecule has 1 saturated heterocycles. The van der Waals surface area contributed by atoms with E-state index in [-0.39, 0.29) is 11.6 Å². The van der Waals surface area contributed by atoms with E-state index >= 15 is 0 Å². The number of rotatable bonds is 6. The Morgan fingerprint density at radius 2 is 1.47 bits per heavy atom. The molecule has 3 aliphatic rings. The van der Waals surface area contributed by atoms with Crippen molar-refractivity contribution in [1.29, 1.82) is 0 Å². The van der Waals surface area contributed by atoms with Crippen molar-refractivity contribution < 1.29 is 8.78 Å². The third-order valence-electron chi connectivity index (χ3n) is 8.53. The summed E-state index contributed by atoms with van der Waals surface area (Å²) < 4.78 is 28.4. The quantitative estimate of drug-likeness (QED) is 0.353. The molecule has 0 bridgehead atoms. The Bertz CT molecular complexity index is 1240. The van der Waals surface area contributed by atoms with Gasteiger partial charge in [-0.05, 0) is 67.0 Å². The molecule has 2 aliphatic heterocycles. The summed E-state index contributed by atoms with van der Waals surface area (Å²) in [5.41, 5.74) is 3.79. The molecule has 6 rings (SSSR count). The molecule has 6 heteroatoms. The van der Waals surface area contributed by atoms with E-state index in [4.69, 9.17) is 4.98 Å². The van der Waals surface area contributed by atoms with E-state index in [1.54, 1.807) is 0 Å². The van der Waals surface area contributed by atoms with Crippen LogP contribution in [0.2, 0.25) is 0 Å². The van der Waals surface area contributed by atoms with Gasteiger partial charge in [-0.15, -0.1) is 0 Å². The molecule has 0 spiro atoms. The van der Waals surface area contributed by atoms with Crippen LogP contribution in [0.4, 0.5) is 14.6 Å². The fourth-order valence-electron chi connectivity index (χ4n) is 6.33. The van der Waals surface area contributed by atoms with Gasteiger partial charge in [0.1, 0.15) is 17.5 Å². The first-order valence-corrected chi connectivity index (χ1v) is 14.2. The summed E-state index contributed by atoms with van der Waals surface area (Å²) in [5, 5.41) is 0. The van der Waals surface area contributed by atoms with Crippen molar-refractivity contribution in [3.63, 3.8) is 0 Å². The summed E-state index contributed by atoms with van der Waals surface area (Å²) in [6.45, 7) is 5.58. The molecular formula is C32H36F2N4. The van der Waals surface area contributed by atoms with Crippen LogP contribution in [0.15, 0.2) is 65.8 Å². The monoisotopic (exact) mass is 514 g/mol. The SMILES string of the molecule is Fc1cccc(F)c1C1=NC(c2ccc(-c3ccc(N4CCN(CC5CCCCC5)CC4)nc3)cc2)CC1. The molecule has 38 heavy (non-hydrogen) atoms. The summed E-state index contributed by atoms with van der Waals surface area (Å²) in [4.78, 5) is 14.5. The lowest BCUT2D eigenvalue weighted by Crippen LogP contribution is -2.48. The molecule has 1 aromatic heterocycles. The molecule has 1 atom stereocenters. The maximum atomic E-state index is 14.2. The number of anilines is 1. The highest BCUT2D eigenvalue weighted by atomic mass is 19.1. The van der Waals surface area contributed by atoms with Crippen molar-refractivity contribution in [2.75, 3.05) is 37.6 Å². The Hall–Kier alpha value is -3.12. The molecule has 0 N–H and O–H groups in total. The maximum Gasteiger partial charge on any atom is 0.135 e. The van der Waals surface area contributed by atoms with Crippen LogP contribution >= 0.6 is 0 Å². The number of hydrogen-bond acceptors (Lipinski definition) is 4. The standard InChI is InChI=1S/C32H36F2N4/c33-27-7-4-8-28(34)32(27)30-15-14-29(36-30)25-11-9-24(10-12-25)26-13-16-31(35-21-26)38-19-17-37(18-20-38)22-23-5-2-1-3-6-23/h4,7-13,16,21,23,29H,1-3,5-6,14-15,17-20,22H2. The zero-order chi connectivity index (χ0) is 25.9. The van der Waals surface area contributed by atoms with Gasteiger partial charge in [-0.2, -0.15) is 0 Å². The average molecular weight is 515 g/mol. The van der Waals surface area contributed by atoms with Gasteiger partial charge in [0, 0.05) is 50.2 Å². The first-order valence-electron chi connectivity index (χ1n) is 14.2. The van der Waals surface area contributed by atoms with Crippen LogP contribution in [0.1, 0.15) is 62.1 Å². The van der Waals surface area contributed by atoms with Gasteiger partial charge < -0.3 is 4.90 Å². The first-order chi connectivity index (χ1) is 18.6. The van der Waals surface area contributed by atoms with E-state index < -0.39 is 11.6 Å². The number of nitrogens with zero attached hydrogens (tertiary/aromatic N) is 4. The molecule has 2 fully saturated rings. The van der Waals surface area contributed by atoms with Crippen molar-refractivity contribution in [1.82, 2.24) is 9.88 Å². The fraction of sp³-hybridized carbons (Fsp3) is 0.438. The minimum Gasteiger partial charge on any atom is -0.354 e. The van der Waals surface area contributed by atoms with Crippen molar-refractivity contribution in [2.24, 2.45) is 10.9 Å². The van der Waals surface area contributed by atoms with Gasteiger partial charge in [0.15, 0.2) is 0 Å². The van der Waals surface area contributed by atoms with Gasteiger partial charge in [-0.3, -0.25) is 9.89 Å². The number of aliphatic imine (C=N–C) groups is 1. The maximum absolute atomic E-state index is 14.2. The molecule has 0 radical (unpaired) electrons. The van der Waals surface area contributed by atoms with Crippen molar-refractivity contribution in [2.45, 2.75) is 51.0 Å². The Kier molecular flexibility index (Phi) is 7.50.